The van der Waals surface area contributed by atoms with Crippen molar-refractivity contribution in [1.29, 1.82) is 0 Å². The van der Waals surface area contributed by atoms with Crippen molar-refractivity contribution in [2.75, 3.05) is 0 Å². The van der Waals surface area contributed by atoms with Crippen LogP contribution in [-0.4, -0.2) is 33.6 Å². The number of hydrogen-bond acceptors (Lipinski definition) is 3. The van der Waals surface area contributed by atoms with Crippen LogP contribution in [0.4, 0.5) is 0 Å². The van der Waals surface area contributed by atoms with Crippen LogP contribution in [0, 0.1) is 45.3 Å². The molecule has 0 radical (unpaired) electrons. The van der Waals surface area contributed by atoms with E-state index >= 15 is 0 Å². The summed E-state index contributed by atoms with van der Waals surface area (Å²) >= 11 is 0. The van der Waals surface area contributed by atoms with Crippen molar-refractivity contribution >= 4 is 0 Å². The van der Waals surface area contributed by atoms with E-state index in [0.29, 0.717) is 23.7 Å². The number of fused-ring (bicyclic) bond motifs is 5. The van der Waals surface area contributed by atoms with E-state index in [-0.39, 0.29) is 45.1 Å². The standard InChI is InChI=1S/C30H52O3/c1-25(2)13-9-14-30(8,33-25)19-10-16-29(7)24(19)20(31)18-22-27(5)15-12-23(32)26(3,4)21(27)11-17-28(22,29)6/h19-24,31-32H,9-18H2,1-8H3/t19?,20-,21?,22?,23+,24?,27+,28-,29-,30-/m1/s1. The van der Waals surface area contributed by atoms with E-state index in [1.54, 1.807) is 0 Å². The summed E-state index contributed by atoms with van der Waals surface area (Å²) in [7, 11) is 0. The zero-order valence-corrected chi connectivity index (χ0v) is 22.8. The predicted octanol–water partition coefficient (Wildman–Crippen LogP) is 6.74. The maximum absolute atomic E-state index is 11.9. The highest BCUT2D eigenvalue weighted by Crippen LogP contribution is 2.76. The molecular weight excluding hydrogens is 408 g/mol. The van der Waals surface area contributed by atoms with Gasteiger partial charge >= 0.3 is 0 Å². The lowest BCUT2D eigenvalue weighted by Crippen LogP contribution is -2.66. The van der Waals surface area contributed by atoms with Crippen LogP contribution < -0.4 is 0 Å². The summed E-state index contributed by atoms with van der Waals surface area (Å²) < 4.78 is 6.86. The molecule has 190 valence electrons. The van der Waals surface area contributed by atoms with Gasteiger partial charge in [0.2, 0.25) is 0 Å². The second kappa shape index (κ2) is 7.22. The largest absolute Gasteiger partial charge is 0.393 e. The van der Waals surface area contributed by atoms with Crippen LogP contribution >= 0.6 is 0 Å². The van der Waals surface area contributed by atoms with Gasteiger partial charge in [-0.1, -0.05) is 34.6 Å². The minimum absolute atomic E-state index is 0.0375. The molecule has 0 aromatic rings. The first-order valence-electron chi connectivity index (χ1n) is 14.2. The van der Waals surface area contributed by atoms with Crippen molar-refractivity contribution in [3.05, 3.63) is 0 Å². The highest BCUT2D eigenvalue weighted by molar-refractivity contribution is 5.20. The van der Waals surface area contributed by atoms with Crippen LogP contribution in [0.25, 0.3) is 0 Å². The third-order valence-corrected chi connectivity index (χ3v) is 13.1. The van der Waals surface area contributed by atoms with E-state index < -0.39 is 0 Å². The quantitative estimate of drug-likeness (QED) is 0.455. The van der Waals surface area contributed by atoms with Crippen LogP contribution in [0.3, 0.4) is 0 Å². The van der Waals surface area contributed by atoms with Gasteiger partial charge in [0.25, 0.3) is 0 Å². The Morgan fingerprint density at radius 3 is 2.03 bits per heavy atom. The molecule has 33 heavy (non-hydrogen) atoms. The van der Waals surface area contributed by atoms with Crippen LogP contribution in [0.15, 0.2) is 0 Å². The lowest BCUT2D eigenvalue weighted by atomic mass is 9.35. The predicted molar refractivity (Wildman–Crippen MR) is 134 cm³/mol. The lowest BCUT2D eigenvalue weighted by Gasteiger charge is -2.70. The van der Waals surface area contributed by atoms with Gasteiger partial charge in [0.1, 0.15) is 0 Å². The molecule has 4 aliphatic carbocycles. The highest BCUT2D eigenvalue weighted by atomic mass is 16.5. The summed E-state index contributed by atoms with van der Waals surface area (Å²) in [5, 5.41) is 22.8. The molecule has 0 bridgehead atoms. The van der Waals surface area contributed by atoms with Crippen molar-refractivity contribution in [3.63, 3.8) is 0 Å². The second-order valence-electron chi connectivity index (χ2n) is 15.4. The van der Waals surface area contributed by atoms with Gasteiger partial charge in [0.05, 0.1) is 23.4 Å². The molecule has 1 saturated heterocycles. The molecule has 4 saturated carbocycles. The fourth-order valence-electron chi connectivity index (χ4n) is 11.3. The van der Waals surface area contributed by atoms with Gasteiger partial charge in [-0.15, -0.1) is 0 Å². The van der Waals surface area contributed by atoms with E-state index in [2.05, 4.69) is 55.4 Å². The molecule has 5 fully saturated rings. The molecule has 10 atom stereocenters. The van der Waals surface area contributed by atoms with Crippen molar-refractivity contribution in [1.82, 2.24) is 0 Å². The first-order chi connectivity index (χ1) is 15.1. The fraction of sp³-hybridized carbons (Fsp3) is 1.00. The van der Waals surface area contributed by atoms with Crippen LogP contribution in [-0.2, 0) is 4.74 Å². The van der Waals surface area contributed by atoms with Crippen molar-refractivity contribution in [3.8, 4) is 0 Å². The Balaban J connectivity index is 1.51. The van der Waals surface area contributed by atoms with Crippen molar-refractivity contribution in [2.45, 2.75) is 143 Å². The molecule has 0 aromatic carbocycles. The van der Waals surface area contributed by atoms with E-state index in [9.17, 15) is 10.2 Å². The highest BCUT2D eigenvalue weighted by Gasteiger charge is 2.71. The maximum Gasteiger partial charge on any atom is 0.0693 e. The van der Waals surface area contributed by atoms with Gasteiger partial charge in [-0.3, -0.25) is 0 Å². The lowest BCUT2D eigenvalue weighted by molar-refractivity contribution is -0.257. The molecule has 0 spiro atoms. The monoisotopic (exact) mass is 460 g/mol. The first-order valence-corrected chi connectivity index (χ1v) is 14.2. The molecular formula is C30H52O3. The number of ether oxygens (including phenoxy) is 1. The molecule has 1 aliphatic heterocycles. The maximum atomic E-state index is 11.9. The molecule has 5 rings (SSSR count). The summed E-state index contributed by atoms with van der Waals surface area (Å²) in [6.07, 6.45) is 10.9. The van der Waals surface area contributed by atoms with E-state index in [0.717, 1.165) is 32.1 Å². The van der Waals surface area contributed by atoms with Gasteiger partial charge < -0.3 is 14.9 Å². The molecule has 3 nitrogen and oxygen atoms in total. The Morgan fingerprint density at radius 1 is 0.697 bits per heavy atom. The summed E-state index contributed by atoms with van der Waals surface area (Å²) in [5.41, 5.74) is 0.392. The topological polar surface area (TPSA) is 49.7 Å². The van der Waals surface area contributed by atoms with E-state index in [4.69, 9.17) is 4.74 Å². The van der Waals surface area contributed by atoms with Gasteiger partial charge in [0.15, 0.2) is 0 Å². The Hall–Kier alpha value is -0.120. The Labute approximate surface area is 203 Å². The molecule has 1 heterocycles. The average molecular weight is 461 g/mol. The number of rotatable bonds is 1. The second-order valence-corrected chi connectivity index (χ2v) is 15.4. The third kappa shape index (κ3) is 3.16. The van der Waals surface area contributed by atoms with Crippen LogP contribution in [0.1, 0.15) is 120 Å². The molecule has 5 aliphatic rings. The summed E-state index contributed by atoms with van der Waals surface area (Å²) in [6, 6.07) is 0. The van der Waals surface area contributed by atoms with E-state index in [1.165, 1.54) is 32.1 Å². The smallest absolute Gasteiger partial charge is 0.0693 e. The molecule has 2 N–H and O–H groups in total. The van der Waals surface area contributed by atoms with Crippen LogP contribution in [0.5, 0.6) is 0 Å². The Bertz CT molecular complexity index is 789. The molecule has 0 aromatic heterocycles. The molecule has 3 heteroatoms. The Kier molecular flexibility index (Phi) is 5.38. The Morgan fingerprint density at radius 2 is 1.36 bits per heavy atom. The first kappa shape index (κ1) is 24.6. The zero-order valence-electron chi connectivity index (χ0n) is 22.8. The van der Waals surface area contributed by atoms with Gasteiger partial charge in [-0.25, -0.2) is 0 Å². The SMILES string of the molecule is CC1(C)CCC[C@](C)(C2CC[C@]3(C)C2[C@H](O)CC2[C@@]4(C)CC[C@H](O)C(C)(C)C4CC[C@]23C)O1. The minimum atomic E-state index is -0.239. The number of aliphatic hydroxyl groups is 2. The van der Waals surface area contributed by atoms with Crippen molar-refractivity contribution in [2.24, 2.45) is 45.3 Å². The van der Waals surface area contributed by atoms with E-state index in [1.807, 2.05) is 0 Å². The van der Waals surface area contributed by atoms with Gasteiger partial charge in [0, 0.05) is 0 Å². The third-order valence-electron chi connectivity index (χ3n) is 13.1. The zero-order chi connectivity index (χ0) is 24.2. The molecule has 4 unspecified atom stereocenters. The molecule has 0 amide bonds. The minimum Gasteiger partial charge on any atom is -0.393 e. The summed E-state index contributed by atoms with van der Waals surface area (Å²) in [6.45, 7) is 19.2. The van der Waals surface area contributed by atoms with Gasteiger partial charge in [-0.2, -0.15) is 0 Å². The van der Waals surface area contributed by atoms with Gasteiger partial charge in [-0.05, 0) is 130 Å². The summed E-state index contributed by atoms with van der Waals surface area (Å²) in [4.78, 5) is 0. The fourth-order valence-corrected chi connectivity index (χ4v) is 11.3. The van der Waals surface area contributed by atoms with Crippen LogP contribution in [0.2, 0.25) is 0 Å². The normalized spacial score (nSPS) is 57.6. The number of hydrogen-bond donors (Lipinski definition) is 2. The average Bonchev–Trinajstić information content (AvgIpc) is 3.07. The summed E-state index contributed by atoms with van der Waals surface area (Å²) in [5.74, 6) is 1.85. The number of aliphatic hydroxyl groups excluding tert-OH is 2. The van der Waals surface area contributed by atoms with Crippen molar-refractivity contribution < 1.29 is 14.9 Å².